The summed E-state index contributed by atoms with van der Waals surface area (Å²) in [6.07, 6.45) is 10.6. The Balaban J connectivity index is 2.53. The average Bonchev–Trinajstić information content (AvgIpc) is 2.90. The summed E-state index contributed by atoms with van der Waals surface area (Å²) >= 11 is 0. The third-order valence-electron chi connectivity index (χ3n) is 4.00. The molecule has 0 heterocycles. The van der Waals surface area contributed by atoms with Crippen LogP contribution in [0.1, 0.15) is 13.3 Å². The summed E-state index contributed by atoms with van der Waals surface area (Å²) in [4.78, 5) is 0. The van der Waals surface area contributed by atoms with E-state index in [1.807, 2.05) is 24.3 Å². The maximum Gasteiger partial charge on any atom is 0.143 e. The van der Waals surface area contributed by atoms with Gasteiger partial charge in [0.2, 0.25) is 0 Å². The van der Waals surface area contributed by atoms with Crippen LogP contribution in [-0.2, 0) is 0 Å². The fraction of sp³-hybridized carbons (Fsp3) is 0.294. The second-order valence-electron chi connectivity index (χ2n) is 5.49. The molecular formula is C17H18BF3. The second-order valence-corrected chi connectivity index (χ2v) is 5.49. The minimum atomic E-state index is -1.23. The van der Waals surface area contributed by atoms with Crippen LogP contribution in [0.15, 0.2) is 70.8 Å². The largest absolute Gasteiger partial charge is 0.243 e. The highest BCUT2D eigenvalue weighted by Gasteiger charge is 2.31. The van der Waals surface area contributed by atoms with Crippen LogP contribution in [0.5, 0.6) is 0 Å². The van der Waals surface area contributed by atoms with Gasteiger partial charge in [-0.1, -0.05) is 37.0 Å². The standard InChI is InChI=1S/C17H18BF3/c1-10(2)17(21)15(16(18)14(20)9-19)13-8-7-11-5-3-4-6-12(11)13/h3-6,8,11-12H,1,7,9,18H2,2H3/b16-14-,17-15+. The number of halogens is 3. The van der Waals surface area contributed by atoms with Crippen molar-refractivity contribution in [1.29, 1.82) is 0 Å². The molecule has 0 saturated carbocycles. The zero-order chi connectivity index (χ0) is 15.6. The van der Waals surface area contributed by atoms with Gasteiger partial charge in [-0.25, -0.2) is 13.2 Å². The van der Waals surface area contributed by atoms with Gasteiger partial charge in [-0.05, 0) is 35.9 Å². The number of hydrogen-bond acceptors (Lipinski definition) is 0. The summed E-state index contributed by atoms with van der Waals surface area (Å²) in [5.74, 6) is -1.22. The summed E-state index contributed by atoms with van der Waals surface area (Å²) in [7, 11) is 1.42. The summed E-state index contributed by atoms with van der Waals surface area (Å²) < 4.78 is 40.9. The minimum absolute atomic E-state index is 0.0115. The highest BCUT2D eigenvalue weighted by molar-refractivity contribution is 6.25. The van der Waals surface area contributed by atoms with E-state index in [1.165, 1.54) is 14.8 Å². The van der Waals surface area contributed by atoms with Crippen LogP contribution in [0.2, 0.25) is 0 Å². The molecule has 2 unspecified atom stereocenters. The van der Waals surface area contributed by atoms with E-state index in [4.69, 9.17) is 0 Å². The molecule has 0 aromatic carbocycles. The van der Waals surface area contributed by atoms with E-state index in [2.05, 4.69) is 12.7 Å². The lowest BCUT2D eigenvalue weighted by Gasteiger charge is -2.22. The van der Waals surface area contributed by atoms with E-state index in [-0.39, 0.29) is 28.5 Å². The van der Waals surface area contributed by atoms with Crippen LogP contribution >= 0.6 is 0 Å². The lowest BCUT2D eigenvalue weighted by molar-refractivity contribution is 0.457. The van der Waals surface area contributed by atoms with Crippen molar-refractivity contribution in [3.05, 3.63) is 70.8 Å². The summed E-state index contributed by atoms with van der Waals surface area (Å²) in [6.45, 7) is 3.89. The Bertz CT molecular complexity index is 606. The van der Waals surface area contributed by atoms with Crippen molar-refractivity contribution in [2.45, 2.75) is 13.3 Å². The summed E-state index contributed by atoms with van der Waals surface area (Å²) in [5, 5.41) is 0. The topological polar surface area (TPSA) is 0 Å². The molecule has 0 bridgehead atoms. The first-order chi connectivity index (χ1) is 9.97. The van der Waals surface area contributed by atoms with E-state index >= 15 is 0 Å². The Morgan fingerprint density at radius 3 is 2.62 bits per heavy atom. The highest BCUT2D eigenvalue weighted by Crippen LogP contribution is 2.43. The maximum atomic E-state index is 14.5. The van der Waals surface area contributed by atoms with Crippen LogP contribution in [0, 0.1) is 11.8 Å². The van der Waals surface area contributed by atoms with Gasteiger partial charge in [0.15, 0.2) is 0 Å². The highest BCUT2D eigenvalue weighted by atomic mass is 19.2. The molecule has 0 fully saturated rings. The third kappa shape index (κ3) is 2.99. The zero-order valence-corrected chi connectivity index (χ0v) is 12.3. The van der Waals surface area contributed by atoms with Crippen LogP contribution in [0.4, 0.5) is 13.2 Å². The molecule has 0 nitrogen and oxygen atoms in total. The maximum absolute atomic E-state index is 14.5. The van der Waals surface area contributed by atoms with Crippen molar-refractivity contribution in [3.8, 4) is 0 Å². The van der Waals surface area contributed by atoms with E-state index in [1.54, 1.807) is 0 Å². The van der Waals surface area contributed by atoms with Crippen LogP contribution in [0.25, 0.3) is 0 Å². The first-order valence-corrected chi connectivity index (χ1v) is 7.00. The third-order valence-corrected chi connectivity index (χ3v) is 4.00. The summed E-state index contributed by atoms with van der Waals surface area (Å²) in [5.41, 5.74) is 1.12. The molecule has 2 aliphatic carbocycles. The lowest BCUT2D eigenvalue weighted by Crippen LogP contribution is -2.12. The fourth-order valence-corrected chi connectivity index (χ4v) is 2.84. The Morgan fingerprint density at radius 2 is 2.00 bits per heavy atom. The van der Waals surface area contributed by atoms with E-state index in [9.17, 15) is 13.2 Å². The smallest absolute Gasteiger partial charge is 0.143 e. The van der Waals surface area contributed by atoms with Crippen molar-refractivity contribution in [2.75, 3.05) is 6.67 Å². The van der Waals surface area contributed by atoms with Crippen molar-refractivity contribution in [3.63, 3.8) is 0 Å². The molecule has 0 N–H and O–H groups in total. The number of alkyl halides is 1. The predicted octanol–water partition coefficient (Wildman–Crippen LogP) is 4.26. The van der Waals surface area contributed by atoms with Gasteiger partial charge in [-0.15, -0.1) is 0 Å². The molecule has 21 heavy (non-hydrogen) atoms. The van der Waals surface area contributed by atoms with Gasteiger partial charge in [-0.2, -0.15) is 0 Å². The van der Waals surface area contributed by atoms with Crippen LogP contribution in [-0.4, -0.2) is 14.5 Å². The molecular weight excluding hydrogens is 272 g/mol. The molecule has 0 saturated heterocycles. The zero-order valence-electron chi connectivity index (χ0n) is 12.3. The van der Waals surface area contributed by atoms with E-state index < -0.39 is 18.3 Å². The van der Waals surface area contributed by atoms with Crippen LogP contribution in [0.3, 0.4) is 0 Å². The van der Waals surface area contributed by atoms with Gasteiger partial charge in [0.05, 0.1) is 0 Å². The van der Waals surface area contributed by atoms with Gasteiger partial charge in [0.1, 0.15) is 26.2 Å². The van der Waals surface area contributed by atoms with Gasteiger partial charge in [-0.3, -0.25) is 0 Å². The number of fused-ring (bicyclic) bond motifs is 1. The molecule has 0 amide bonds. The molecule has 0 aromatic heterocycles. The number of rotatable bonds is 4. The molecule has 2 rings (SSSR count). The van der Waals surface area contributed by atoms with Crippen molar-refractivity contribution < 1.29 is 13.2 Å². The Morgan fingerprint density at radius 1 is 1.33 bits per heavy atom. The first kappa shape index (κ1) is 15.7. The molecule has 4 heteroatoms. The van der Waals surface area contributed by atoms with E-state index in [0.717, 1.165) is 12.0 Å². The minimum Gasteiger partial charge on any atom is -0.243 e. The number of allylic oxidation sites excluding steroid dienone is 11. The molecule has 2 aliphatic rings. The van der Waals surface area contributed by atoms with Gasteiger partial charge < -0.3 is 0 Å². The average molecular weight is 290 g/mol. The molecule has 0 aromatic rings. The van der Waals surface area contributed by atoms with Crippen molar-refractivity contribution in [2.24, 2.45) is 11.8 Å². The molecule has 0 radical (unpaired) electrons. The molecule has 110 valence electrons. The van der Waals surface area contributed by atoms with Crippen LogP contribution < -0.4 is 0 Å². The Labute approximate surface area is 124 Å². The Kier molecular flexibility index (Phi) is 4.76. The van der Waals surface area contributed by atoms with Gasteiger partial charge in [0, 0.05) is 11.5 Å². The predicted molar refractivity (Wildman–Crippen MR) is 83.6 cm³/mol. The van der Waals surface area contributed by atoms with E-state index in [0.29, 0.717) is 0 Å². The SMILES string of the molecule is BC(/C(C1=CCC2C=CC=CC12)=C(/F)C(=C)C)=C(\F)CF. The second kappa shape index (κ2) is 6.38. The fourth-order valence-electron chi connectivity index (χ4n) is 2.84. The number of hydrogen-bond donors (Lipinski definition) is 0. The van der Waals surface area contributed by atoms with Gasteiger partial charge in [0.25, 0.3) is 0 Å². The molecule has 2 atom stereocenters. The first-order valence-electron chi connectivity index (χ1n) is 7.00. The van der Waals surface area contributed by atoms with Crippen molar-refractivity contribution >= 4 is 7.85 Å². The van der Waals surface area contributed by atoms with Gasteiger partial charge >= 0.3 is 0 Å². The normalized spacial score (nSPS) is 26.0. The lowest BCUT2D eigenvalue weighted by atomic mass is 9.76. The van der Waals surface area contributed by atoms with Crippen molar-refractivity contribution in [1.82, 2.24) is 0 Å². The molecule has 0 aliphatic heterocycles. The summed E-state index contributed by atoms with van der Waals surface area (Å²) in [6, 6.07) is 0. The Hall–Kier alpha value is -1.71. The molecule has 0 spiro atoms. The monoisotopic (exact) mass is 290 g/mol. The quantitative estimate of drug-likeness (QED) is 0.536.